The maximum absolute atomic E-state index is 13.0. The van der Waals surface area contributed by atoms with E-state index in [1.807, 2.05) is 24.3 Å². The van der Waals surface area contributed by atoms with Gasteiger partial charge in [-0.1, -0.05) is 38.1 Å². The third-order valence-corrected chi connectivity index (χ3v) is 6.87. The molecule has 2 aromatic rings. The summed E-state index contributed by atoms with van der Waals surface area (Å²) in [6.45, 7) is 5.78. The zero-order chi connectivity index (χ0) is 21.7. The Bertz CT molecular complexity index is 979. The molecule has 1 N–H and O–H groups in total. The normalized spacial score (nSPS) is 14.7. The van der Waals surface area contributed by atoms with Crippen LogP contribution in [0.1, 0.15) is 60.5 Å². The second-order valence-corrected chi connectivity index (χ2v) is 9.70. The lowest BCUT2D eigenvalue weighted by Crippen LogP contribution is -2.36. The van der Waals surface area contributed by atoms with Crippen molar-refractivity contribution >= 4 is 15.9 Å². The molecule has 3 rings (SSSR count). The van der Waals surface area contributed by atoms with E-state index in [9.17, 15) is 13.2 Å². The van der Waals surface area contributed by atoms with Crippen LogP contribution in [0.15, 0.2) is 47.4 Å². The molecule has 1 fully saturated rings. The van der Waals surface area contributed by atoms with Crippen LogP contribution in [0.25, 0.3) is 0 Å². The van der Waals surface area contributed by atoms with E-state index in [1.54, 1.807) is 11.0 Å². The van der Waals surface area contributed by atoms with Crippen molar-refractivity contribution in [2.45, 2.75) is 50.5 Å². The van der Waals surface area contributed by atoms with Gasteiger partial charge in [0.25, 0.3) is 5.91 Å². The number of benzene rings is 2. The SMILES string of the molecule is COc1ccc(S(=O)(=O)NCc2ccc(C(C)C)cc2)cc1C(=O)N1CCCCC1. The predicted octanol–water partition coefficient (Wildman–Crippen LogP) is 3.92. The van der Waals surface area contributed by atoms with Crippen molar-refractivity contribution in [1.29, 1.82) is 0 Å². The van der Waals surface area contributed by atoms with Gasteiger partial charge in [-0.15, -0.1) is 0 Å². The van der Waals surface area contributed by atoms with Crippen molar-refractivity contribution < 1.29 is 17.9 Å². The first kappa shape index (κ1) is 22.3. The smallest absolute Gasteiger partial charge is 0.257 e. The summed E-state index contributed by atoms with van der Waals surface area (Å²) in [5.41, 5.74) is 2.36. The van der Waals surface area contributed by atoms with E-state index in [-0.39, 0.29) is 22.9 Å². The average Bonchev–Trinajstić information content (AvgIpc) is 2.77. The Morgan fingerprint density at radius 2 is 1.73 bits per heavy atom. The number of hydrogen-bond donors (Lipinski definition) is 1. The van der Waals surface area contributed by atoms with Crippen LogP contribution in [0.4, 0.5) is 0 Å². The highest BCUT2D eigenvalue weighted by atomic mass is 32.2. The fourth-order valence-electron chi connectivity index (χ4n) is 3.57. The van der Waals surface area contributed by atoms with E-state index in [0.717, 1.165) is 24.8 Å². The first-order valence-electron chi connectivity index (χ1n) is 10.4. The highest BCUT2D eigenvalue weighted by Crippen LogP contribution is 2.25. The third kappa shape index (κ3) is 5.21. The minimum atomic E-state index is -3.77. The standard InChI is InChI=1S/C23H30N2O4S/c1-17(2)19-9-7-18(8-10-19)16-24-30(27,28)20-11-12-22(29-3)21(15-20)23(26)25-13-5-4-6-14-25/h7-12,15,17,24H,4-6,13-14,16H2,1-3H3. The molecule has 0 radical (unpaired) electrons. The lowest BCUT2D eigenvalue weighted by molar-refractivity contribution is 0.0720. The largest absolute Gasteiger partial charge is 0.496 e. The molecule has 0 aromatic heterocycles. The zero-order valence-electron chi connectivity index (χ0n) is 17.8. The predicted molar refractivity (Wildman–Crippen MR) is 117 cm³/mol. The molecular weight excluding hydrogens is 400 g/mol. The molecule has 0 aliphatic carbocycles. The van der Waals surface area contributed by atoms with E-state index in [4.69, 9.17) is 4.74 Å². The maximum Gasteiger partial charge on any atom is 0.257 e. The lowest BCUT2D eigenvalue weighted by atomic mass is 10.0. The Morgan fingerprint density at radius 3 is 2.33 bits per heavy atom. The Morgan fingerprint density at radius 1 is 1.07 bits per heavy atom. The number of nitrogens with one attached hydrogen (secondary N) is 1. The molecule has 7 heteroatoms. The molecule has 0 unspecified atom stereocenters. The summed E-state index contributed by atoms with van der Waals surface area (Å²) in [5.74, 6) is 0.618. The first-order valence-corrected chi connectivity index (χ1v) is 11.9. The molecule has 1 saturated heterocycles. The van der Waals surface area contributed by atoms with Crippen molar-refractivity contribution in [3.05, 3.63) is 59.2 Å². The quantitative estimate of drug-likeness (QED) is 0.722. The van der Waals surface area contributed by atoms with Gasteiger partial charge in [-0.2, -0.15) is 0 Å². The topological polar surface area (TPSA) is 75.7 Å². The van der Waals surface area contributed by atoms with Gasteiger partial charge in [0.05, 0.1) is 17.6 Å². The van der Waals surface area contributed by atoms with Crippen molar-refractivity contribution in [1.82, 2.24) is 9.62 Å². The molecule has 6 nitrogen and oxygen atoms in total. The van der Waals surface area contributed by atoms with Crippen LogP contribution in [0.3, 0.4) is 0 Å². The fraction of sp³-hybridized carbons (Fsp3) is 0.435. The van der Waals surface area contributed by atoms with Gasteiger partial charge >= 0.3 is 0 Å². The summed E-state index contributed by atoms with van der Waals surface area (Å²) in [7, 11) is -2.29. The van der Waals surface area contributed by atoms with Crippen molar-refractivity contribution in [2.24, 2.45) is 0 Å². The fourth-order valence-corrected chi connectivity index (χ4v) is 4.61. The van der Waals surface area contributed by atoms with Crippen LogP contribution >= 0.6 is 0 Å². The number of carbonyl (C=O) groups excluding carboxylic acids is 1. The number of carbonyl (C=O) groups is 1. The summed E-state index contributed by atoms with van der Waals surface area (Å²) in [5, 5.41) is 0. The van der Waals surface area contributed by atoms with Crippen molar-refractivity contribution in [3.8, 4) is 5.75 Å². The molecular formula is C23H30N2O4S. The second kappa shape index (κ2) is 9.62. The van der Waals surface area contributed by atoms with Crippen molar-refractivity contribution in [3.63, 3.8) is 0 Å². The van der Waals surface area contributed by atoms with E-state index in [1.165, 1.54) is 24.8 Å². The van der Waals surface area contributed by atoms with Crippen molar-refractivity contribution in [2.75, 3.05) is 20.2 Å². The average molecular weight is 431 g/mol. The Labute approximate surface area is 179 Å². The molecule has 162 valence electrons. The number of likely N-dealkylation sites (tertiary alicyclic amines) is 1. The molecule has 30 heavy (non-hydrogen) atoms. The number of rotatable bonds is 7. The van der Waals surface area contributed by atoms with Gasteiger partial charge in [-0.05, 0) is 54.5 Å². The molecule has 1 amide bonds. The number of ether oxygens (including phenoxy) is 1. The van der Waals surface area contributed by atoms with Gasteiger partial charge in [-0.25, -0.2) is 13.1 Å². The van der Waals surface area contributed by atoms with Crippen LogP contribution < -0.4 is 9.46 Å². The van der Waals surface area contributed by atoms with Crippen LogP contribution in [-0.4, -0.2) is 39.4 Å². The number of piperidine rings is 1. The number of methoxy groups -OCH3 is 1. The van der Waals surface area contributed by atoms with Gasteiger partial charge in [-0.3, -0.25) is 4.79 Å². The minimum absolute atomic E-state index is 0.0578. The first-order chi connectivity index (χ1) is 14.3. The number of hydrogen-bond acceptors (Lipinski definition) is 4. The van der Waals surface area contributed by atoms with Crippen LogP contribution in [0.5, 0.6) is 5.75 Å². The highest BCUT2D eigenvalue weighted by Gasteiger charge is 2.24. The second-order valence-electron chi connectivity index (χ2n) is 7.94. The summed E-state index contributed by atoms with van der Waals surface area (Å²) in [4.78, 5) is 14.8. The third-order valence-electron chi connectivity index (χ3n) is 5.47. The van der Waals surface area contributed by atoms with Crippen LogP contribution in [-0.2, 0) is 16.6 Å². The van der Waals surface area contributed by atoms with Gasteiger partial charge < -0.3 is 9.64 Å². The Kier molecular flexibility index (Phi) is 7.15. The van der Waals surface area contributed by atoms with E-state index in [2.05, 4.69) is 18.6 Å². The molecule has 1 aliphatic heterocycles. The number of sulfonamides is 1. The van der Waals surface area contributed by atoms with E-state index in [0.29, 0.717) is 24.8 Å². The molecule has 0 atom stereocenters. The summed E-state index contributed by atoms with van der Waals surface area (Å²) >= 11 is 0. The summed E-state index contributed by atoms with van der Waals surface area (Å²) < 4.78 is 33.7. The van der Waals surface area contributed by atoms with Crippen LogP contribution in [0, 0.1) is 0 Å². The molecule has 0 spiro atoms. The van der Waals surface area contributed by atoms with Gasteiger partial charge in [0.1, 0.15) is 5.75 Å². The lowest BCUT2D eigenvalue weighted by Gasteiger charge is -2.27. The van der Waals surface area contributed by atoms with E-state index < -0.39 is 10.0 Å². The minimum Gasteiger partial charge on any atom is -0.496 e. The van der Waals surface area contributed by atoms with Gasteiger partial charge in [0.15, 0.2) is 0 Å². The summed E-state index contributed by atoms with van der Waals surface area (Å²) in [6.07, 6.45) is 3.03. The van der Waals surface area contributed by atoms with Gasteiger partial charge in [0.2, 0.25) is 10.0 Å². The molecule has 2 aromatic carbocycles. The maximum atomic E-state index is 13.0. The molecule has 0 saturated carbocycles. The molecule has 1 aliphatic rings. The zero-order valence-corrected chi connectivity index (χ0v) is 18.7. The molecule has 1 heterocycles. The highest BCUT2D eigenvalue weighted by molar-refractivity contribution is 7.89. The Hall–Kier alpha value is -2.38. The van der Waals surface area contributed by atoms with Crippen LogP contribution in [0.2, 0.25) is 0 Å². The Balaban J connectivity index is 1.78. The summed E-state index contributed by atoms with van der Waals surface area (Å²) in [6, 6.07) is 12.3. The van der Waals surface area contributed by atoms with Gasteiger partial charge in [0, 0.05) is 19.6 Å². The monoisotopic (exact) mass is 430 g/mol. The molecule has 0 bridgehead atoms. The van der Waals surface area contributed by atoms with E-state index >= 15 is 0 Å². The number of nitrogens with zero attached hydrogens (tertiary/aromatic N) is 1. The number of amides is 1.